The summed E-state index contributed by atoms with van der Waals surface area (Å²) in [5.41, 5.74) is 7.02. The number of ether oxygens (including phenoxy) is 1. The van der Waals surface area contributed by atoms with Gasteiger partial charge in [-0.2, -0.15) is 0 Å². The molecular weight excluding hydrogens is 379 g/mol. The maximum absolute atomic E-state index is 5.85. The highest BCUT2D eigenvalue weighted by Crippen LogP contribution is 2.22. The number of nitrogens with zero attached hydrogens (tertiary/aromatic N) is 2. The molecular formula is C15H27IN4O. The number of nitrogens with one attached hydrogen (secondary N) is 1. The van der Waals surface area contributed by atoms with E-state index in [-0.39, 0.29) is 36.1 Å². The number of hydrogen-bond donors (Lipinski definition) is 2. The van der Waals surface area contributed by atoms with Crippen molar-refractivity contribution in [3.63, 3.8) is 0 Å². The van der Waals surface area contributed by atoms with Crippen molar-refractivity contribution >= 4 is 29.9 Å². The van der Waals surface area contributed by atoms with Crippen molar-refractivity contribution in [2.24, 2.45) is 10.7 Å². The van der Waals surface area contributed by atoms with Gasteiger partial charge >= 0.3 is 0 Å². The first-order chi connectivity index (χ1) is 9.43. The van der Waals surface area contributed by atoms with E-state index in [1.807, 2.05) is 46.1 Å². The third-order valence-electron chi connectivity index (χ3n) is 2.97. The zero-order valence-corrected chi connectivity index (χ0v) is 15.8. The van der Waals surface area contributed by atoms with Crippen molar-refractivity contribution in [1.29, 1.82) is 0 Å². The summed E-state index contributed by atoms with van der Waals surface area (Å²) in [5, 5.41) is 3.10. The number of methoxy groups -OCH3 is 1. The summed E-state index contributed by atoms with van der Waals surface area (Å²) in [6, 6.07) is 8.49. The summed E-state index contributed by atoms with van der Waals surface area (Å²) in [6.07, 6.45) is 0. The third kappa shape index (κ3) is 6.99. The van der Waals surface area contributed by atoms with E-state index in [0.717, 1.165) is 11.3 Å². The molecule has 1 aromatic rings. The number of nitrogens with two attached hydrogens (primary N) is 1. The number of likely N-dealkylation sites (N-methyl/N-ethyl adjacent to an activating group) is 1. The molecule has 1 aromatic carbocycles. The highest BCUT2D eigenvalue weighted by molar-refractivity contribution is 14.0. The minimum Gasteiger partial charge on any atom is -0.497 e. The molecule has 0 saturated carbocycles. The molecule has 0 saturated heterocycles. The van der Waals surface area contributed by atoms with Crippen LogP contribution in [0.1, 0.15) is 25.5 Å². The molecule has 0 bridgehead atoms. The second-order valence-corrected chi connectivity index (χ2v) is 5.28. The number of guanidine groups is 1. The molecule has 0 amide bonds. The Hall–Kier alpha value is -1.02. The first kappa shape index (κ1) is 20.0. The van der Waals surface area contributed by atoms with Gasteiger partial charge < -0.3 is 20.7 Å². The van der Waals surface area contributed by atoms with E-state index >= 15 is 0 Å². The Bertz CT molecular complexity index is 449. The largest absolute Gasteiger partial charge is 0.497 e. The average Bonchev–Trinajstić information content (AvgIpc) is 2.38. The van der Waals surface area contributed by atoms with Crippen LogP contribution in [0, 0.1) is 0 Å². The Kier molecular flexibility index (Phi) is 9.36. The third-order valence-corrected chi connectivity index (χ3v) is 2.97. The minimum absolute atomic E-state index is 0. The highest BCUT2D eigenvalue weighted by atomic mass is 127. The zero-order valence-electron chi connectivity index (χ0n) is 13.5. The smallest absolute Gasteiger partial charge is 0.188 e. The van der Waals surface area contributed by atoms with Crippen LogP contribution in [0.15, 0.2) is 29.3 Å². The van der Waals surface area contributed by atoms with E-state index < -0.39 is 0 Å². The van der Waals surface area contributed by atoms with Gasteiger partial charge in [0.25, 0.3) is 0 Å². The quantitative estimate of drug-likeness (QED) is 0.432. The molecule has 0 aliphatic heterocycles. The highest BCUT2D eigenvalue weighted by Gasteiger charge is 2.14. The van der Waals surface area contributed by atoms with Crippen LogP contribution in [-0.2, 0) is 0 Å². The Morgan fingerprint density at radius 1 is 1.38 bits per heavy atom. The molecule has 21 heavy (non-hydrogen) atoms. The zero-order chi connectivity index (χ0) is 15.1. The van der Waals surface area contributed by atoms with Crippen molar-refractivity contribution < 1.29 is 4.74 Å². The molecule has 120 valence electrons. The van der Waals surface area contributed by atoms with Gasteiger partial charge in [-0.05, 0) is 45.6 Å². The Balaban J connectivity index is 0.00000400. The number of rotatable bonds is 6. The van der Waals surface area contributed by atoms with Gasteiger partial charge in [-0.15, -0.1) is 24.0 Å². The molecule has 0 fully saturated rings. The number of hydrogen-bond acceptors (Lipinski definition) is 3. The van der Waals surface area contributed by atoms with Crippen LogP contribution >= 0.6 is 24.0 Å². The topological polar surface area (TPSA) is 62.9 Å². The fourth-order valence-electron chi connectivity index (χ4n) is 1.94. The van der Waals surface area contributed by atoms with Crippen LogP contribution in [-0.4, -0.2) is 44.7 Å². The second-order valence-electron chi connectivity index (χ2n) is 5.28. The van der Waals surface area contributed by atoms with Gasteiger partial charge in [-0.25, -0.2) is 0 Å². The lowest BCUT2D eigenvalue weighted by molar-refractivity contribution is 0.305. The van der Waals surface area contributed by atoms with Gasteiger partial charge in [-0.1, -0.05) is 12.1 Å². The molecule has 1 rings (SSSR count). The van der Waals surface area contributed by atoms with E-state index in [9.17, 15) is 0 Å². The van der Waals surface area contributed by atoms with Gasteiger partial charge in [0.15, 0.2) is 5.96 Å². The van der Waals surface area contributed by atoms with E-state index in [1.54, 1.807) is 7.11 Å². The van der Waals surface area contributed by atoms with Crippen molar-refractivity contribution in [3.8, 4) is 5.75 Å². The fraction of sp³-hybridized carbons (Fsp3) is 0.533. The maximum Gasteiger partial charge on any atom is 0.188 e. The van der Waals surface area contributed by atoms with Crippen LogP contribution in [0.3, 0.4) is 0 Å². The fourth-order valence-corrected chi connectivity index (χ4v) is 1.94. The second kappa shape index (κ2) is 9.83. The van der Waals surface area contributed by atoms with E-state index in [1.165, 1.54) is 0 Å². The summed E-state index contributed by atoms with van der Waals surface area (Å²) in [4.78, 5) is 6.54. The summed E-state index contributed by atoms with van der Waals surface area (Å²) in [5.74, 6) is 1.33. The van der Waals surface area contributed by atoms with Gasteiger partial charge in [0, 0.05) is 6.04 Å². The van der Waals surface area contributed by atoms with Crippen LogP contribution in [0.2, 0.25) is 0 Å². The molecule has 0 aliphatic carbocycles. The molecule has 1 unspecified atom stereocenters. The van der Waals surface area contributed by atoms with Gasteiger partial charge in [0.2, 0.25) is 0 Å². The van der Waals surface area contributed by atoms with E-state index in [0.29, 0.717) is 12.5 Å². The van der Waals surface area contributed by atoms with Crippen LogP contribution < -0.4 is 15.8 Å². The SMILES string of the molecule is COc1cccc(C(CN=C(N)NC(C)C)N(C)C)c1.I. The number of benzene rings is 1. The molecule has 5 nitrogen and oxygen atoms in total. The summed E-state index contributed by atoms with van der Waals surface area (Å²) >= 11 is 0. The number of aliphatic imine (C=N–C) groups is 1. The van der Waals surface area contributed by atoms with Crippen molar-refractivity contribution in [2.75, 3.05) is 27.7 Å². The van der Waals surface area contributed by atoms with Crippen LogP contribution in [0.5, 0.6) is 5.75 Å². The minimum atomic E-state index is 0. The Morgan fingerprint density at radius 2 is 2.05 bits per heavy atom. The molecule has 0 aliphatic rings. The molecule has 0 radical (unpaired) electrons. The first-order valence-electron chi connectivity index (χ1n) is 6.81. The molecule has 3 N–H and O–H groups in total. The predicted molar refractivity (Wildman–Crippen MR) is 99.6 cm³/mol. The lowest BCUT2D eigenvalue weighted by Gasteiger charge is -2.23. The average molecular weight is 406 g/mol. The first-order valence-corrected chi connectivity index (χ1v) is 6.81. The van der Waals surface area contributed by atoms with Crippen molar-refractivity contribution in [2.45, 2.75) is 25.9 Å². The number of halogens is 1. The Morgan fingerprint density at radius 3 is 2.57 bits per heavy atom. The van der Waals surface area contributed by atoms with Gasteiger partial charge in [0.05, 0.1) is 19.7 Å². The predicted octanol–water partition coefficient (Wildman–Crippen LogP) is 2.23. The van der Waals surface area contributed by atoms with Gasteiger partial charge in [-0.3, -0.25) is 4.99 Å². The standard InChI is InChI=1S/C15H26N4O.HI/c1-11(2)18-15(16)17-10-14(19(3)4)12-7-6-8-13(9-12)20-5;/h6-9,11,14H,10H2,1-5H3,(H3,16,17,18);1H. The van der Waals surface area contributed by atoms with Crippen LogP contribution in [0.4, 0.5) is 0 Å². The monoisotopic (exact) mass is 406 g/mol. The van der Waals surface area contributed by atoms with E-state index in [4.69, 9.17) is 10.5 Å². The normalized spacial score (nSPS) is 13.0. The van der Waals surface area contributed by atoms with Crippen molar-refractivity contribution in [3.05, 3.63) is 29.8 Å². The summed E-state index contributed by atoms with van der Waals surface area (Å²) < 4.78 is 5.27. The molecule has 0 spiro atoms. The van der Waals surface area contributed by atoms with Crippen molar-refractivity contribution in [1.82, 2.24) is 10.2 Å². The molecule has 1 atom stereocenters. The van der Waals surface area contributed by atoms with E-state index in [2.05, 4.69) is 21.3 Å². The molecule has 6 heteroatoms. The van der Waals surface area contributed by atoms with Gasteiger partial charge in [0.1, 0.15) is 5.75 Å². The summed E-state index contributed by atoms with van der Waals surface area (Å²) in [6.45, 7) is 4.67. The Labute approximate surface area is 145 Å². The summed E-state index contributed by atoms with van der Waals surface area (Å²) in [7, 11) is 5.74. The lowest BCUT2D eigenvalue weighted by Crippen LogP contribution is -2.37. The van der Waals surface area contributed by atoms with Crippen LogP contribution in [0.25, 0.3) is 0 Å². The lowest BCUT2D eigenvalue weighted by atomic mass is 10.1. The molecule has 0 heterocycles. The maximum atomic E-state index is 5.85. The molecule has 0 aromatic heterocycles.